The van der Waals surface area contributed by atoms with Crippen LogP contribution in [0.15, 0.2) is 50.5 Å². The summed E-state index contributed by atoms with van der Waals surface area (Å²) in [5.41, 5.74) is -4.81. The number of sulfonamides is 1. The summed E-state index contributed by atoms with van der Waals surface area (Å²) in [5.74, 6) is -1.05. The number of carbonyl (C=O) groups excluding carboxylic acids is 1. The quantitative estimate of drug-likeness (QED) is 0.401. The summed E-state index contributed by atoms with van der Waals surface area (Å²) in [6.07, 6.45) is 1.28. The molecular weight excluding hydrogens is 580 g/mol. The van der Waals surface area contributed by atoms with Crippen LogP contribution in [0, 0.1) is 5.82 Å². The topological polar surface area (TPSA) is 101 Å². The number of benzene rings is 1. The molecule has 1 aromatic heterocycles. The number of ether oxygens (including phenoxy) is 1. The minimum atomic E-state index is -5.64. The Kier molecular flexibility index (Phi) is 7.05. The molecule has 0 aliphatic carbocycles. The van der Waals surface area contributed by atoms with Gasteiger partial charge in [0.15, 0.2) is 10.8 Å². The Morgan fingerprint density at radius 3 is 2.71 bits per heavy atom. The number of nitrogens with one attached hydrogen (secondary N) is 1. The number of carbonyl (C=O) groups is 1. The van der Waals surface area contributed by atoms with Crippen molar-refractivity contribution >= 4 is 49.1 Å². The maximum atomic E-state index is 13.8. The van der Waals surface area contributed by atoms with Crippen LogP contribution >= 0.6 is 27.3 Å². The summed E-state index contributed by atoms with van der Waals surface area (Å²) in [4.78, 5) is 23.4. The molecule has 4 rings (SSSR count). The number of nitrogens with zero attached hydrogens (tertiary/aromatic N) is 3. The van der Waals surface area contributed by atoms with Gasteiger partial charge >= 0.3 is 21.5 Å². The Hall–Kier alpha value is -2.36. The predicted octanol–water partition coefficient (Wildman–Crippen LogP) is 3.88. The van der Waals surface area contributed by atoms with Crippen molar-refractivity contribution in [2.75, 3.05) is 13.2 Å². The molecule has 1 N–H and O–H groups in total. The van der Waals surface area contributed by atoms with Crippen LogP contribution in [0.1, 0.15) is 30.0 Å². The molecule has 0 spiro atoms. The highest BCUT2D eigenvalue weighted by Gasteiger charge is 2.49. The lowest BCUT2D eigenvalue weighted by atomic mass is 9.94. The predicted molar refractivity (Wildman–Crippen MR) is 122 cm³/mol. The van der Waals surface area contributed by atoms with Crippen LogP contribution in [0.25, 0.3) is 0 Å². The van der Waals surface area contributed by atoms with Crippen molar-refractivity contribution in [3.05, 3.63) is 61.9 Å². The lowest BCUT2D eigenvalue weighted by Gasteiger charge is -2.31. The van der Waals surface area contributed by atoms with E-state index in [1.807, 2.05) is 0 Å². The van der Waals surface area contributed by atoms with E-state index in [2.05, 4.69) is 25.9 Å². The lowest BCUT2D eigenvalue weighted by molar-refractivity contribution is -0.139. The highest BCUT2D eigenvalue weighted by Crippen LogP contribution is 2.43. The molecule has 1 aromatic carbocycles. The summed E-state index contributed by atoms with van der Waals surface area (Å²) in [6.45, 7) is 1.38. The Morgan fingerprint density at radius 2 is 2.11 bits per heavy atom. The van der Waals surface area contributed by atoms with Gasteiger partial charge in [-0.05, 0) is 24.6 Å². The fraction of sp³-hybridized carbons (Fsp3) is 0.350. The normalized spacial score (nSPS) is 20.6. The van der Waals surface area contributed by atoms with Crippen molar-refractivity contribution in [2.24, 2.45) is 4.99 Å². The number of esters is 1. The molecule has 188 valence electrons. The largest absolute Gasteiger partial charge is 0.511 e. The Bertz CT molecular complexity index is 1310. The van der Waals surface area contributed by atoms with Crippen LogP contribution in [0.2, 0.25) is 0 Å². The molecule has 2 aliphatic heterocycles. The summed E-state index contributed by atoms with van der Waals surface area (Å²) in [5, 5.41) is 2.08. The van der Waals surface area contributed by atoms with Gasteiger partial charge in [-0.3, -0.25) is 4.99 Å². The third-order valence-corrected chi connectivity index (χ3v) is 7.97. The van der Waals surface area contributed by atoms with Gasteiger partial charge < -0.3 is 9.64 Å². The van der Waals surface area contributed by atoms with Crippen molar-refractivity contribution < 1.29 is 35.5 Å². The minimum absolute atomic E-state index is 0.0140. The zero-order valence-corrected chi connectivity index (χ0v) is 21.1. The summed E-state index contributed by atoms with van der Waals surface area (Å²) >= 11 is 4.49. The van der Waals surface area contributed by atoms with Crippen molar-refractivity contribution in [3.63, 3.8) is 0 Å². The Labute approximate surface area is 209 Å². The molecular formula is C20H17BrF4N4O4S2. The van der Waals surface area contributed by atoms with Gasteiger partial charge in [-0.1, -0.05) is 22.0 Å². The van der Waals surface area contributed by atoms with E-state index in [-0.39, 0.29) is 36.7 Å². The number of aliphatic imine (C=N–C) groups is 1. The highest BCUT2D eigenvalue weighted by atomic mass is 79.9. The first kappa shape index (κ1) is 25.7. The van der Waals surface area contributed by atoms with E-state index in [4.69, 9.17) is 4.74 Å². The average molecular weight is 597 g/mol. The van der Waals surface area contributed by atoms with E-state index in [1.165, 1.54) is 40.6 Å². The molecule has 1 saturated heterocycles. The van der Waals surface area contributed by atoms with E-state index in [0.717, 1.165) is 0 Å². The monoisotopic (exact) mass is 596 g/mol. The first-order valence-corrected chi connectivity index (χ1v) is 13.3. The van der Waals surface area contributed by atoms with Crippen molar-refractivity contribution in [3.8, 4) is 0 Å². The van der Waals surface area contributed by atoms with E-state index in [0.29, 0.717) is 15.0 Å². The molecule has 1 unspecified atom stereocenters. The second kappa shape index (κ2) is 9.59. The van der Waals surface area contributed by atoms with E-state index in [9.17, 15) is 30.8 Å². The Balaban J connectivity index is 1.86. The average Bonchev–Trinajstić information content (AvgIpc) is 3.41. The minimum Gasteiger partial charge on any atom is -0.463 e. The maximum absolute atomic E-state index is 13.8. The van der Waals surface area contributed by atoms with Crippen LogP contribution in [-0.2, 0) is 19.6 Å². The number of halogens is 5. The molecule has 2 atom stereocenters. The van der Waals surface area contributed by atoms with E-state index >= 15 is 0 Å². The molecule has 3 heterocycles. The Morgan fingerprint density at radius 1 is 1.37 bits per heavy atom. The van der Waals surface area contributed by atoms with Crippen molar-refractivity contribution in [2.45, 2.75) is 30.9 Å². The van der Waals surface area contributed by atoms with Gasteiger partial charge in [0.2, 0.25) is 0 Å². The standard InChI is InChI=1S/C20H17BrF4N4O4S2/c1-2-33-19(30)15-14-8-11(28-35(31,32)20(23,24)25)9-29(14)17(18-26-5-6-34-18)27-16(15)12-4-3-10(22)7-13(12)21/h3-7,11,16,28H,2,8-9H2,1H3/t11?,16-/m0/s1. The maximum Gasteiger partial charge on any atom is 0.511 e. The number of thiazole rings is 1. The van der Waals surface area contributed by atoms with Gasteiger partial charge in [0, 0.05) is 40.8 Å². The van der Waals surface area contributed by atoms with Gasteiger partial charge in [-0.2, -0.15) is 13.2 Å². The fourth-order valence-corrected chi connectivity index (χ4v) is 5.82. The number of alkyl halides is 3. The van der Waals surface area contributed by atoms with Crippen molar-refractivity contribution in [1.29, 1.82) is 0 Å². The van der Waals surface area contributed by atoms with Crippen LogP contribution in [-0.4, -0.2) is 54.8 Å². The van der Waals surface area contributed by atoms with Crippen LogP contribution < -0.4 is 4.72 Å². The zero-order valence-electron chi connectivity index (χ0n) is 17.8. The molecule has 8 nitrogen and oxygen atoms in total. The van der Waals surface area contributed by atoms with Crippen LogP contribution in [0.3, 0.4) is 0 Å². The van der Waals surface area contributed by atoms with Gasteiger partial charge in [0.1, 0.15) is 11.9 Å². The first-order valence-electron chi connectivity index (χ1n) is 10.1. The second-order valence-corrected chi connectivity index (χ2v) is 11.0. The third kappa shape index (κ3) is 4.99. The molecule has 0 radical (unpaired) electrons. The first-order chi connectivity index (χ1) is 16.4. The molecule has 0 amide bonds. The van der Waals surface area contributed by atoms with Gasteiger partial charge in [0.05, 0.1) is 12.2 Å². The smallest absolute Gasteiger partial charge is 0.463 e. The number of hydrogen-bond acceptors (Lipinski definition) is 8. The molecule has 0 bridgehead atoms. The molecule has 2 aromatic rings. The fourth-order valence-electron chi connectivity index (χ4n) is 3.88. The van der Waals surface area contributed by atoms with Crippen LogP contribution in [0.5, 0.6) is 0 Å². The summed E-state index contributed by atoms with van der Waals surface area (Å²) in [6, 6.07) is 1.60. The lowest BCUT2D eigenvalue weighted by Crippen LogP contribution is -2.44. The van der Waals surface area contributed by atoms with Crippen LogP contribution in [0.4, 0.5) is 17.6 Å². The zero-order chi connectivity index (χ0) is 25.5. The SMILES string of the molecule is CCOC(=O)C1=C2CC(NS(=O)(=O)C(F)(F)F)CN2C(c2nccs2)=N[C@H]1c1ccc(F)cc1Br. The van der Waals surface area contributed by atoms with Gasteiger partial charge in [0.25, 0.3) is 0 Å². The number of hydrogen-bond donors (Lipinski definition) is 1. The van der Waals surface area contributed by atoms with Crippen molar-refractivity contribution in [1.82, 2.24) is 14.6 Å². The number of aromatic nitrogens is 1. The van der Waals surface area contributed by atoms with E-state index < -0.39 is 39.4 Å². The molecule has 1 fully saturated rings. The molecule has 35 heavy (non-hydrogen) atoms. The molecule has 2 aliphatic rings. The highest BCUT2D eigenvalue weighted by molar-refractivity contribution is 9.10. The number of rotatable bonds is 6. The summed E-state index contributed by atoms with van der Waals surface area (Å²) in [7, 11) is -5.64. The molecule has 15 heteroatoms. The number of fused-ring (bicyclic) bond motifs is 1. The molecule has 0 saturated carbocycles. The van der Waals surface area contributed by atoms with Gasteiger partial charge in [-0.15, -0.1) is 11.3 Å². The summed E-state index contributed by atoms with van der Waals surface area (Å²) < 4.78 is 83.5. The van der Waals surface area contributed by atoms with Gasteiger partial charge in [-0.25, -0.2) is 27.3 Å². The second-order valence-electron chi connectivity index (χ2n) is 7.52. The third-order valence-electron chi connectivity index (χ3n) is 5.26. The number of amidine groups is 1. The van der Waals surface area contributed by atoms with E-state index in [1.54, 1.807) is 17.0 Å².